The van der Waals surface area contributed by atoms with E-state index in [1.165, 1.54) is 0 Å². The molecule has 3 aromatic rings. The van der Waals surface area contributed by atoms with Gasteiger partial charge in [0.1, 0.15) is 5.58 Å². The third kappa shape index (κ3) is 3.18. The third-order valence-corrected chi connectivity index (χ3v) is 3.76. The topological polar surface area (TPSA) is 57.9 Å². The van der Waals surface area contributed by atoms with E-state index in [1.54, 1.807) is 44.6 Å². The largest absolute Gasteiger partial charge is 0.493 e. The molecular formula is C20H20O5. The highest BCUT2D eigenvalue weighted by atomic mass is 16.5. The van der Waals surface area contributed by atoms with E-state index in [2.05, 4.69) is 0 Å². The van der Waals surface area contributed by atoms with E-state index >= 15 is 0 Å². The number of para-hydroxylation sites is 1. The first-order chi connectivity index (χ1) is 12.0. The van der Waals surface area contributed by atoms with Gasteiger partial charge < -0.3 is 18.6 Å². The smallest absolute Gasteiger partial charge is 0.235 e. The second-order valence-electron chi connectivity index (χ2n) is 5.82. The Morgan fingerprint density at radius 1 is 0.960 bits per heavy atom. The highest BCUT2D eigenvalue weighted by Gasteiger charge is 2.20. The van der Waals surface area contributed by atoms with Crippen LogP contribution in [0.15, 0.2) is 51.7 Å². The van der Waals surface area contributed by atoms with Crippen LogP contribution >= 0.6 is 0 Å². The summed E-state index contributed by atoms with van der Waals surface area (Å²) < 4.78 is 22.4. The molecule has 5 nitrogen and oxygen atoms in total. The zero-order chi connectivity index (χ0) is 18.0. The molecule has 5 heteroatoms. The molecule has 0 N–H and O–H groups in total. The molecule has 0 aliphatic carbocycles. The van der Waals surface area contributed by atoms with Gasteiger partial charge in [-0.05, 0) is 44.2 Å². The van der Waals surface area contributed by atoms with Crippen molar-refractivity contribution in [2.24, 2.45) is 0 Å². The predicted octanol–water partition coefficient (Wildman–Crippen LogP) is 4.26. The van der Waals surface area contributed by atoms with Crippen molar-refractivity contribution >= 4 is 11.0 Å². The molecule has 0 atom stereocenters. The Balaban J connectivity index is 2.29. The molecule has 0 radical (unpaired) electrons. The van der Waals surface area contributed by atoms with E-state index in [9.17, 15) is 4.79 Å². The average Bonchev–Trinajstić information content (AvgIpc) is 2.63. The van der Waals surface area contributed by atoms with Crippen molar-refractivity contribution in [1.82, 2.24) is 0 Å². The second-order valence-corrected chi connectivity index (χ2v) is 5.82. The SMILES string of the molecule is COc1ccc(-c2oc3ccccc3c(=O)c2OC(C)C)cc1OC. The lowest BCUT2D eigenvalue weighted by Crippen LogP contribution is -2.15. The summed E-state index contributed by atoms with van der Waals surface area (Å²) in [6.45, 7) is 3.74. The second kappa shape index (κ2) is 6.89. The standard InChI is InChI=1S/C20H20O5/c1-12(2)24-20-18(21)14-7-5-6-8-15(14)25-19(20)13-9-10-16(22-3)17(11-13)23-4/h5-12H,1-4H3. The number of rotatable bonds is 5. The zero-order valence-electron chi connectivity index (χ0n) is 14.7. The Kier molecular flexibility index (Phi) is 4.65. The minimum Gasteiger partial charge on any atom is -0.493 e. The quantitative estimate of drug-likeness (QED) is 0.694. The fourth-order valence-electron chi connectivity index (χ4n) is 2.64. The van der Waals surface area contributed by atoms with Gasteiger partial charge in [0.05, 0.1) is 25.7 Å². The van der Waals surface area contributed by atoms with E-state index in [0.717, 1.165) is 0 Å². The lowest BCUT2D eigenvalue weighted by Gasteiger charge is -2.15. The van der Waals surface area contributed by atoms with Crippen molar-refractivity contribution in [1.29, 1.82) is 0 Å². The number of hydrogen-bond donors (Lipinski definition) is 0. The maximum Gasteiger partial charge on any atom is 0.235 e. The maximum absolute atomic E-state index is 12.9. The Hall–Kier alpha value is -2.95. The van der Waals surface area contributed by atoms with E-state index in [1.807, 2.05) is 26.0 Å². The molecule has 0 fully saturated rings. The summed E-state index contributed by atoms with van der Waals surface area (Å²) in [6.07, 6.45) is -0.164. The molecule has 0 bridgehead atoms. The minimum absolute atomic E-state index is 0.164. The minimum atomic E-state index is -0.194. The van der Waals surface area contributed by atoms with Gasteiger partial charge >= 0.3 is 0 Å². The van der Waals surface area contributed by atoms with Crippen LogP contribution in [0.5, 0.6) is 17.2 Å². The van der Waals surface area contributed by atoms with Gasteiger partial charge in [0.15, 0.2) is 17.3 Å². The predicted molar refractivity (Wildman–Crippen MR) is 96.8 cm³/mol. The first-order valence-corrected chi connectivity index (χ1v) is 8.00. The Bertz CT molecular complexity index is 956. The van der Waals surface area contributed by atoms with Crippen molar-refractivity contribution in [3.8, 4) is 28.6 Å². The van der Waals surface area contributed by atoms with Crippen LogP contribution in [0.3, 0.4) is 0 Å². The van der Waals surface area contributed by atoms with Crippen LogP contribution in [-0.2, 0) is 0 Å². The Morgan fingerprint density at radius 3 is 2.36 bits per heavy atom. The number of fused-ring (bicyclic) bond motifs is 1. The molecule has 0 spiro atoms. The molecule has 130 valence electrons. The first kappa shape index (κ1) is 16.9. The van der Waals surface area contributed by atoms with Crippen molar-refractivity contribution < 1.29 is 18.6 Å². The lowest BCUT2D eigenvalue weighted by atomic mass is 10.1. The van der Waals surface area contributed by atoms with Crippen LogP contribution in [0.25, 0.3) is 22.3 Å². The van der Waals surface area contributed by atoms with Gasteiger partial charge in [0.2, 0.25) is 11.2 Å². The highest BCUT2D eigenvalue weighted by Crippen LogP contribution is 2.36. The summed E-state index contributed by atoms with van der Waals surface area (Å²) in [4.78, 5) is 12.9. The molecule has 25 heavy (non-hydrogen) atoms. The van der Waals surface area contributed by atoms with Gasteiger partial charge in [-0.3, -0.25) is 4.79 Å². The van der Waals surface area contributed by atoms with E-state index in [0.29, 0.717) is 33.8 Å². The van der Waals surface area contributed by atoms with Crippen LogP contribution in [0.1, 0.15) is 13.8 Å². The fraction of sp³-hybridized carbons (Fsp3) is 0.250. The lowest BCUT2D eigenvalue weighted by molar-refractivity contribution is 0.236. The van der Waals surface area contributed by atoms with Gasteiger partial charge in [0, 0.05) is 5.56 Å². The molecule has 1 heterocycles. The summed E-state index contributed by atoms with van der Waals surface area (Å²) >= 11 is 0. The zero-order valence-corrected chi connectivity index (χ0v) is 14.7. The van der Waals surface area contributed by atoms with E-state index in [4.69, 9.17) is 18.6 Å². The Morgan fingerprint density at radius 2 is 1.68 bits per heavy atom. The molecule has 0 saturated heterocycles. The first-order valence-electron chi connectivity index (χ1n) is 8.00. The summed E-state index contributed by atoms with van der Waals surface area (Å²) in [6, 6.07) is 12.5. The Labute approximate surface area is 145 Å². The molecule has 0 aliphatic rings. The fourth-order valence-corrected chi connectivity index (χ4v) is 2.64. The van der Waals surface area contributed by atoms with Crippen LogP contribution in [-0.4, -0.2) is 20.3 Å². The maximum atomic E-state index is 12.9. The average molecular weight is 340 g/mol. The van der Waals surface area contributed by atoms with Crippen molar-refractivity contribution in [3.63, 3.8) is 0 Å². The molecule has 3 rings (SSSR count). The van der Waals surface area contributed by atoms with Crippen molar-refractivity contribution in [3.05, 3.63) is 52.7 Å². The van der Waals surface area contributed by atoms with Crippen molar-refractivity contribution in [2.75, 3.05) is 14.2 Å². The number of hydrogen-bond acceptors (Lipinski definition) is 5. The van der Waals surface area contributed by atoms with Gasteiger partial charge in [-0.1, -0.05) is 12.1 Å². The number of benzene rings is 2. The van der Waals surface area contributed by atoms with Gasteiger partial charge in [-0.25, -0.2) is 0 Å². The van der Waals surface area contributed by atoms with Gasteiger partial charge in [-0.15, -0.1) is 0 Å². The summed E-state index contributed by atoms with van der Waals surface area (Å²) in [5.74, 6) is 1.71. The van der Waals surface area contributed by atoms with Crippen LogP contribution in [0, 0.1) is 0 Å². The van der Waals surface area contributed by atoms with Crippen LogP contribution < -0.4 is 19.6 Å². The van der Waals surface area contributed by atoms with Gasteiger partial charge in [0.25, 0.3) is 0 Å². The molecule has 0 aliphatic heterocycles. The van der Waals surface area contributed by atoms with E-state index < -0.39 is 0 Å². The molecule has 0 amide bonds. The van der Waals surface area contributed by atoms with Crippen molar-refractivity contribution in [2.45, 2.75) is 20.0 Å². The summed E-state index contributed by atoms with van der Waals surface area (Å²) in [5.41, 5.74) is 0.991. The number of ether oxygens (including phenoxy) is 3. The third-order valence-electron chi connectivity index (χ3n) is 3.76. The molecule has 0 saturated carbocycles. The van der Waals surface area contributed by atoms with Crippen LogP contribution in [0.4, 0.5) is 0 Å². The monoisotopic (exact) mass is 340 g/mol. The summed E-state index contributed by atoms with van der Waals surface area (Å²) in [5, 5.41) is 0.488. The number of methoxy groups -OCH3 is 2. The molecule has 2 aromatic carbocycles. The normalized spacial score (nSPS) is 10.9. The van der Waals surface area contributed by atoms with Gasteiger partial charge in [-0.2, -0.15) is 0 Å². The highest BCUT2D eigenvalue weighted by molar-refractivity contribution is 5.82. The molecule has 1 aromatic heterocycles. The molecular weight excluding hydrogens is 320 g/mol. The van der Waals surface area contributed by atoms with Crippen LogP contribution in [0.2, 0.25) is 0 Å². The molecule has 0 unspecified atom stereocenters. The van der Waals surface area contributed by atoms with E-state index in [-0.39, 0.29) is 17.3 Å². The summed E-state index contributed by atoms with van der Waals surface area (Å²) in [7, 11) is 3.13.